The fraction of sp³-hybridized carbons (Fsp3) is 0.500. The molecule has 1 fully saturated rings. The van der Waals surface area contributed by atoms with Gasteiger partial charge in [-0.05, 0) is 35.4 Å². The Morgan fingerprint density at radius 3 is 2.29 bits per heavy atom. The van der Waals surface area contributed by atoms with Gasteiger partial charge >= 0.3 is 0 Å². The minimum absolute atomic E-state index is 0.0355. The van der Waals surface area contributed by atoms with Crippen molar-refractivity contribution in [3.8, 4) is 0 Å². The van der Waals surface area contributed by atoms with Crippen molar-refractivity contribution in [2.24, 2.45) is 5.41 Å². The zero-order chi connectivity index (χ0) is 10.3. The second-order valence-electron chi connectivity index (χ2n) is 4.68. The van der Waals surface area contributed by atoms with Gasteiger partial charge in [-0.2, -0.15) is 0 Å². The van der Waals surface area contributed by atoms with Gasteiger partial charge in [0.25, 0.3) is 0 Å². The molecule has 0 spiro atoms. The SMILES string of the molecule is CC1(C)C(O)CC1c1ccc(Br)cc1. The summed E-state index contributed by atoms with van der Waals surface area (Å²) in [6, 6.07) is 8.41. The van der Waals surface area contributed by atoms with E-state index in [9.17, 15) is 5.11 Å². The van der Waals surface area contributed by atoms with Crippen LogP contribution in [0, 0.1) is 5.41 Å². The Bertz CT molecular complexity index is 329. The Morgan fingerprint density at radius 1 is 1.29 bits per heavy atom. The Morgan fingerprint density at radius 2 is 1.86 bits per heavy atom. The van der Waals surface area contributed by atoms with Crippen LogP contribution in [0.3, 0.4) is 0 Å². The van der Waals surface area contributed by atoms with Crippen LogP contribution in [0.5, 0.6) is 0 Å². The van der Waals surface area contributed by atoms with Gasteiger partial charge < -0.3 is 5.11 Å². The monoisotopic (exact) mass is 254 g/mol. The van der Waals surface area contributed by atoms with Crippen molar-refractivity contribution in [3.63, 3.8) is 0 Å². The fourth-order valence-electron chi connectivity index (χ4n) is 2.16. The van der Waals surface area contributed by atoms with Gasteiger partial charge in [-0.1, -0.05) is 41.9 Å². The Balaban J connectivity index is 2.22. The molecular weight excluding hydrogens is 240 g/mol. The maximum Gasteiger partial charge on any atom is 0.0603 e. The van der Waals surface area contributed by atoms with Crippen molar-refractivity contribution >= 4 is 15.9 Å². The predicted molar refractivity (Wildman–Crippen MR) is 61.3 cm³/mol. The highest BCUT2D eigenvalue weighted by molar-refractivity contribution is 9.10. The average Bonchev–Trinajstić information content (AvgIpc) is 2.16. The topological polar surface area (TPSA) is 20.2 Å². The van der Waals surface area contributed by atoms with Crippen LogP contribution in [0.15, 0.2) is 28.7 Å². The summed E-state index contributed by atoms with van der Waals surface area (Å²) in [6.45, 7) is 4.27. The van der Waals surface area contributed by atoms with Crippen LogP contribution in [-0.2, 0) is 0 Å². The van der Waals surface area contributed by atoms with Crippen LogP contribution in [0.25, 0.3) is 0 Å². The average molecular weight is 255 g/mol. The van der Waals surface area contributed by atoms with Gasteiger partial charge in [0.05, 0.1) is 6.10 Å². The van der Waals surface area contributed by atoms with Crippen LogP contribution >= 0.6 is 15.9 Å². The summed E-state index contributed by atoms with van der Waals surface area (Å²) in [5.41, 5.74) is 1.37. The van der Waals surface area contributed by atoms with Crippen molar-refractivity contribution < 1.29 is 5.11 Å². The van der Waals surface area contributed by atoms with Gasteiger partial charge in [0, 0.05) is 4.47 Å². The fourth-order valence-corrected chi connectivity index (χ4v) is 2.43. The van der Waals surface area contributed by atoms with Crippen LogP contribution < -0.4 is 0 Å². The molecule has 0 heterocycles. The third-order valence-electron chi connectivity index (χ3n) is 3.49. The van der Waals surface area contributed by atoms with E-state index in [1.165, 1.54) is 5.56 Å². The molecule has 0 aliphatic heterocycles. The van der Waals surface area contributed by atoms with E-state index in [2.05, 4.69) is 54.0 Å². The van der Waals surface area contributed by atoms with E-state index < -0.39 is 0 Å². The molecule has 1 aliphatic rings. The molecule has 1 aliphatic carbocycles. The standard InChI is InChI=1S/C12H15BrO/c1-12(2)10(7-11(12)14)8-3-5-9(13)6-4-8/h3-6,10-11,14H,7H2,1-2H3. The third kappa shape index (κ3) is 1.51. The predicted octanol–water partition coefficient (Wildman–Crippen LogP) is 3.32. The van der Waals surface area contributed by atoms with Crippen molar-refractivity contribution in [1.82, 2.24) is 0 Å². The minimum atomic E-state index is -0.142. The number of aliphatic hydroxyl groups excluding tert-OH is 1. The molecule has 2 atom stereocenters. The molecule has 76 valence electrons. The van der Waals surface area contributed by atoms with Gasteiger partial charge in [-0.3, -0.25) is 0 Å². The number of benzene rings is 1. The van der Waals surface area contributed by atoms with Crippen LogP contribution in [-0.4, -0.2) is 11.2 Å². The number of halogens is 1. The van der Waals surface area contributed by atoms with E-state index in [0.29, 0.717) is 5.92 Å². The molecule has 0 saturated heterocycles. The molecule has 0 bridgehead atoms. The summed E-state index contributed by atoms with van der Waals surface area (Å²) in [4.78, 5) is 0. The molecule has 2 unspecified atom stereocenters. The first kappa shape index (κ1) is 10.2. The van der Waals surface area contributed by atoms with Gasteiger partial charge in [0.15, 0.2) is 0 Å². The van der Waals surface area contributed by atoms with Crippen LogP contribution in [0.2, 0.25) is 0 Å². The Hall–Kier alpha value is -0.340. The molecule has 1 aromatic rings. The molecule has 2 rings (SSSR count). The molecule has 14 heavy (non-hydrogen) atoms. The summed E-state index contributed by atoms with van der Waals surface area (Å²) >= 11 is 3.43. The van der Waals surface area contributed by atoms with Crippen molar-refractivity contribution in [3.05, 3.63) is 34.3 Å². The lowest BCUT2D eigenvalue weighted by molar-refractivity contribution is -0.0625. The third-order valence-corrected chi connectivity index (χ3v) is 4.02. The summed E-state index contributed by atoms with van der Waals surface area (Å²) in [5, 5.41) is 9.65. The van der Waals surface area contributed by atoms with Crippen molar-refractivity contribution in [2.75, 3.05) is 0 Å². The quantitative estimate of drug-likeness (QED) is 0.816. The van der Waals surface area contributed by atoms with E-state index in [1.54, 1.807) is 0 Å². The smallest absolute Gasteiger partial charge is 0.0603 e. The Labute approximate surface area is 93.3 Å². The highest BCUT2D eigenvalue weighted by Crippen LogP contribution is 2.52. The van der Waals surface area contributed by atoms with E-state index in [-0.39, 0.29) is 11.5 Å². The molecule has 1 N–H and O–H groups in total. The molecule has 2 heteroatoms. The van der Waals surface area contributed by atoms with Crippen molar-refractivity contribution in [2.45, 2.75) is 32.3 Å². The zero-order valence-electron chi connectivity index (χ0n) is 8.50. The molecule has 0 radical (unpaired) electrons. The van der Waals surface area contributed by atoms with E-state index >= 15 is 0 Å². The number of aliphatic hydroxyl groups is 1. The second-order valence-corrected chi connectivity index (χ2v) is 5.59. The molecular formula is C12H15BrO. The summed E-state index contributed by atoms with van der Waals surface area (Å²) in [6.07, 6.45) is 0.755. The first-order chi connectivity index (χ1) is 6.51. The summed E-state index contributed by atoms with van der Waals surface area (Å²) < 4.78 is 1.11. The lowest BCUT2D eigenvalue weighted by Crippen LogP contribution is -2.47. The lowest BCUT2D eigenvalue weighted by Gasteiger charge is -2.49. The van der Waals surface area contributed by atoms with Crippen molar-refractivity contribution in [1.29, 1.82) is 0 Å². The maximum absolute atomic E-state index is 9.65. The minimum Gasteiger partial charge on any atom is -0.393 e. The first-order valence-electron chi connectivity index (χ1n) is 4.95. The highest BCUT2D eigenvalue weighted by atomic mass is 79.9. The van der Waals surface area contributed by atoms with Gasteiger partial charge in [-0.15, -0.1) is 0 Å². The second kappa shape index (κ2) is 3.35. The van der Waals surface area contributed by atoms with Crippen LogP contribution in [0.4, 0.5) is 0 Å². The van der Waals surface area contributed by atoms with Crippen LogP contribution in [0.1, 0.15) is 31.7 Å². The summed E-state index contributed by atoms with van der Waals surface area (Å²) in [7, 11) is 0. The number of rotatable bonds is 1. The molecule has 1 aromatic carbocycles. The largest absolute Gasteiger partial charge is 0.393 e. The van der Waals surface area contributed by atoms with E-state index in [4.69, 9.17) is 0 Å². The van der Waals surface area contributed by atoms with E-state index in [0.717, 1.165) is 10.9 Å². The van der Waals surface area contributed by atoms with Gasteiger partial charge in [0.1, 0.15) is 0 Å². The summed E-state index contributed by atoms with van der Waals surface area (Å²) in [5.74, 6) is 0.505. The lowest BCUT2D eigenvalue weighted by atomic mass is 9.58. The highest BCUT2D eigenvalue weighted by Gasteiger charge is 2.47. The molecule has 1 nitrogen and oxygen atoms in total. The van der Waals surface area contributed by atoms with Gasteiger partial charge in [0.2, 0.25) is 0 Å². The molecule has 0 amide bonds. The first-order valence-corrected chi connectivity index (χ1v) is 5.74. The van der Waals surface area contributed by atoms with Gasteiger partial charge in [-0.25, -0.2) is 0 Å². The normalized spacial score (nSPS) is 29.7. The Kier molecular flexibility index (Phi) is 2.44. The zero-order valence-corrected chi connectivity index (χ0v) is 10.1. The molecule has 1 saturated carbocycles. The number of hydrogen-bond donors (Lipinski definition) is 1. The molecule has 0 aromatic heterocycles. The number of hydrogen-bond acceptors (Lipinski definition) is 1. The maximum atomic E-state index is 9.65. The van der Waals surface area contributed by atoms with E-state index in [1.807, 2.05) is 0 Å².